The molecule has 1 aliphatic carbocycles. The van der Waals surface area contributed by atoms with Gasteiger partial charge in [-0.2, -0.15) is 5.10 Å². The van der Waals surface area contributed by atoms with Crippen molar-refractivity contribution in [1.82, 2.24) is 5.43 Å². The van der Waals surface area contributed by atoms with E-state index in [2.05, 4.69) is 15.4 Å². The molecule has 0 aromatic heterocycles. The van der Waals surface area contributed by atoms with Gasteiger partial charge in [0.2, 0.25) is 5.78 Å². The third kappa shape index (κ3) is 2.84. The fourth-order valence-corrected chi connectivity index (χ4v) is 2.50. The molecule has 0 bridgehead atoms. The number of rotatable bonds is 2. The van der Waals surface area contributed by atoms with Gasteiger partial charge in [-0.05, 0) is 29.8 Å². The number of fused-ring (bicyclic) bond motifs is 1. The van der Waals surface area contributed by atoms with E-state index in [0.29, 0.717) is 18.8 Å². The molecule has 22 heavy (non-hydrogen) atoms. The number of amides is 2. The zero-order valence-corrected chi connectivity index (χ0v) is 11.9. The lowest BCUT2D eigenvalue weighted by atomic mass is 9.94. The first-order valence-corrected chi connectivity index (χ1v) is 6.98. The Hall–Kier alpha value is -2.67. The quantitative estimate of drug-likeness (QED) is 0.788. The smallest absolute Gasteiger partial charge is 0.332 e. The SMILES string of the molecule is NC(=O)NN=C1C=Cc2cc(N3CCOCC3)ccc2C1=O. The summed E-state index contributed by atoms with van der Waals surface area (Å²) >= 11 is 0. The maximum absolute atomic E-state index is 12.3. The van der Waals surface area contributed by atoms with E-state index in [-0.39, 0.29) is 11.5 Å². The maximum Gasteiger partial charge on any atom is 0.332 e. The van der Waals surface area contributed by atoms with Crippen molar-refractivity contribution in [2.45, 2.75) is 0 Å². The average Bonchev–Trinajstić information content (AvgIpc) is 2.54. The van der Waals surface area contributed by atoms with Gasteiger partial charge in [-0.25, -0.2) is 10.2 Å². The second kappa shape index (κ2) is 5.98. The van der Waals surface area contributed by atoms with Crippen LogP contribution in [0.25, 0.3) is 6.08 Å². The molecule has 1 aromatic rings. The molecule has 114 valence electrons. The highest BCUT2D eigenvalue weighted by Gasteiger charge is 2.21. The van der Waals surface area contributed by atoms with Crippen molar-refractivity contribution in [3.05, 3.63) is 35.4 Å². The van der Waals surface area contributed by atoms with E-state index >= 15 is 0 Å². The fourth-order valence-electron chi connectivity index (χ4n) is 2.50. The van der Waals surface area contributed by atoms with Gasteiger partial charge in [0, 0.05) is 24.3 Å². The zero-order valence-electron chi connectivity index (χ0n) is 11.9. The summed E-state index contributed by atoms with van der Waals surface area (Å²) in [5.41, 5.74) is 9.64. The van der Waals surface area contributed by atoms with E-state index in [4.69, 9.17) is 10.5 Å². The van der Waals surface area contributed by atoms with Crippen LogP contribution in [0.4, 0.5) is 10.5 Å². The third-order valence-electron chi connectivity index (χ3n) is 3.60. The van der Waals surface area contributed by atoms with E-state index in [1.54, 1.807) is 12.1 Å². The van der Waals surface area contributed by atoms with Gasteiger partial charge in [-0.3, -0.25) is 4.79 Å². The second-order valence-electron chi connectivity index (χ2n) is 5.01. The summed E-state index contributed by atoms with van der Waals surface area (Å²) in [6.45, 7) is 3.10. The molecule has 1 aromatic carbocycles. The molecule has 7 heteroatoms. The Morgan fingerprint density at radius 1 is 1.27 bits per heavy atom. The molecule has 7 nitrogen and oxygen atoms in total. The molecule has 3 rings (SSSR count). The Morgan fingerprint density at radius 3 is 2.77 bits per heavy atom. The summed E-state index contributed by atoms with van der Waals surface area (Å²) in [4.78, 5) is 25.2. The van der Waals surface area contributed by atoms with Gasteiger partial charge in [-0.1, -0.05) is 6.08 Å². The first kappa shape index (κ1) is 14.3. The highest BCUT2D eigenvalue weighted by molar-refractivity contribution is 6.52. The summed E-state index contributed by atoms with van der Waals surface area (Å²) in [5, 5.41) is 3.70. The van der Waals surface area contributed by atoms with Crippen LogP contribution in [-0.2, 0) is 4.74 Å². The molecule has 0 spiro atoms. The number of morpholine rings is 1. The molecule has 1 aliphatic heterocycles. The summed E-state index contributed by atoms with van der Waals surface area (Å²) < 4.78 is 5.34. The van der Waals surface area contributed by atoms with Crippen LogP contribution >= 0.6 is 0 Å². The molecular formula is C15H16N4O3. The first-order valence-electron chi connectivity index (χ1n) is 6.98. The van der Waals surface area contributed by atoms with Gasteiger partial charge in [0.05, 0.1) is 13.2 Å². The number of nitrogens with two attached hydrogens (primary N) is 1. The van der Waals surface area contributed by atoms with Crippen molar-refractivity contribution in [1.29, 1.82) is 0 Å². The van der Waals surface area contributed by atoms with Crippen LogP contribution in [-0.4, -0.2) is 43.8 Å². The van der Waals surface area contributed by atoms with Crippen LogP contribution in [0, 0.1) is 0 Å². The van der Waals surface area contributed by atoms with Crippen molar-refractivity contribution in [3.8, 4) is 0 Å². The van der Waals surface area contributed by atoms with E-state index in [1.807, 2.05) is 18.2 Å². The first-order chi connectivity index (χ1) is 10.6. The number of allylic oxidation sites excluding steroid dienone is 1. The van der Waals surface area contributed by atoms with Gasteiger partial charge in [-0.15, -0.1) is 0 Å². The zero-order chi connectivity index (χ0) is 15.5. The Balaban J connectivity index is 1.86. The van der Waals surface area contributed by atoms with Crippen molar-refractivity contribution in [2.24, 2.45) is 10.8 Å². The van der Waals surface area contributed by atoms with Crippen LogP contribution in [0.15, 0.2) is 29.4 Å². The lowest BCUT2D eigenvalue weighted by molar-refractivity contribution is 0.106. The number of nitrogens with zero attached hydrogens (tertiary/aromatic N) is 2. The number of ketones is 1. The minimum absolute atomic E-state index is 0.158. The number of carbonyl (C=O) groups is 2. The van der Waals surface area contributed by atoms with Crippen LogP contribution in [0.1, 0.15) is 15.9 Å². The minimum Gasteiger partial charge on any atom is -0.378 e. The maximum atomic E-state index is 12.3. The van der Waals surface area contributed by atoms with Crippen LogP contribution < -0.4 is 16.1 Å². The Labute approximate surface area is 127 Å². The predicted molar refractivity (Wildman–Crippen MR) is 83.0 cm³/mol. The largest absolute Gasteiger partial charge is 0.378 e. The van der Waals surface area contributed by atoms with E-state index < -0.39 is 6.03 Å². The van der Waals surface area contributed by atoms with Crippen molar-refractivity contribution in [2.75, 3.05) is 31.2 Å². The molecule has 2 amide bonds. The molecule has 0 radical (unpaired) electrons. The molecule has 1 fully saturated rings. The normalized spacial score (nSPS) is 19.2. The molecule has 2 aliphatic rings. The van der Waals surface area contributed by atoms with Crippen LogP contribution in [0.2, 0.25) is 0 Å². The minimum atomic E-state index is -0.804. The number of hydrogen-bond acceptors (Lipinski definition) is 5. The van der Waals surface area contributed by atoms with E-state index in [0.717, 1.165) is 24.3 Å². The number of urea groups is 1. The predicted octanol–water partition coefficient (Wildman–Crippen LogP) is 0.757. The standard InChI is InChI=1S/C15H16N4O3/c16-15(21)18-17-13-4-1-10-9-11(2-3-12(10)14(13)20)19-5-7-22-8-6-19/h1-4,9H,5-8H2,(H3,16,18,21). The lowest BCUT2D eigenvalue weighted by Crippen LogP contribution is -2.36. The topological polar surface area (TPSA) is 97.0 Å². The third-order valence-corrected chi connectivity index (χ3v) is 3.60. The van der Waals surface area contributed by atoms with Crippen molar-refractivity contribution in [3.63, 3.8) is 0 Å². The van der Waals surface area contributed by atoms with Gasteiger partial charge in [0.25, 0.3) is 0 Å². The van der Waals surface area contributed by atoms with E-state index in [9.17, 15) is 9.59 Å². The fraction of sp³-hybridized carbons (Fsp3) is 0.267. The van der Waals surface area contributed by atoms with Gasteiger partial charge in [0.1, 0.15) is 5.71 Å². The number of benzene rings is 1. The number of ether oxygens (including phenoxy) is 1. The molecule has 0 unspecified atom stereocenters. The van der Waals surface area contributed by atoms with E-state index in [1.165, 1.54) is 0 Å². The molecule has 1 heterocycles. The van der Waals surface area contributed by atoms with Gasteiger partial charge in [0.15, 0.2) is 0 Å². The Bertz CT molecular complexity index is 675. The Morgan fingerprint density at radius 2 is 2.05 bits per heavy atom. The molecular weight excluding hydrogens is 284 g/mol. The molecule has 1 saturated heterocycles. The molecule has 3 N–H and O–H groups in total. The molecule has 0 atom stereocenters. The van der Waals surface area contributed by atoms with Crippen LogP contribution in [0.3, 0.4) is 0 Å². The Kier molecular flexibility index (Phi) is 3.88. The number of hydrazone groups is 1. The number of nitrogens with one attached hydrogen (secondary N) is 1. The summed E-state index contributed by atoms with van der Waals surface area (Å²) in [6.07, 6.45) is 3.38. The van der Waals surface area contributed by atoms with Gasteiger partial charge >= 0.3 is 6.03 Å². The number of hydrogen-bond donors (Lipinski definition) is 2. The summed E-state index contributed by atoms with van der Waals surface area (Å²) in [7, 11) is 0. The summed E-state index contributed by atoms with van der Waals surface area (Å²) in [5.74, 6) is -0.236. The highest BCUT2D eigenvalue weighted by Crippen LogP contribution is 2.25. The van der Waals surface area contributed by atoms with Crippen LogP contribution in [0.5, 0.6) is 0 Å². The number of carbonyl (C=O) groups excluding carboxylic acids is 2. The highest BCUT2D eigenvalue weighted by atomic mass is 16.5. The molecule has 0 saturated carbocycles. The second-order valence-corrected chi connectivity index (χ2v) is 5.01. The number of anilines is 1. The monoisotopic (exact) mass is 300 g/mol. The number of Topliss-reactive ketones (excluding diaryl/α,β-unsaturated/α-hetero) is 1. The van der Waals surface area contributed by atoms with Crippen molar-refractivity contribution < 1.29 is 14.3 Å². The lowest BCUT2D eigenvalue weighted by Gasteiger charge is -2.29. The van der Waals surface area contributed by atoms with Crippen molar-refractivity contribution >= 4 is 29.3 Å². The average molecular weight is 300 g/mol. The summed E-state index contributed by atoms with van der Waals surface area (Å²) in [6, 6.07) is 4.88. The van der Waals surface area contributed by atoms with Gasteiger partial charge < -0.3 is 15.4 Å². The number of primary amides is 1.